The van der Waals surface area contributed by atoms with Gasteiger partial charge in [0.25, 0.3) is 0 Å². The zero-order chi connectivity index (χ0) is 27.3. The fraction of sp³-hybridized carbons (Fsp3) is 0.625. The third-order valence-corrected chi connectivity index (χ3v) is 6.67. The number of carbonyl (C=O) groups excluding carboxylic acids is 2. The van der Waals surface area contributed by atoms with Gasteiger partial charge in [-0.25, -0.2) is 9.97 Å². The Hall–Kier alpha value is -2.76. The molecule has 0 aliphatic rings. The number of hydrogen-bond donors (Lipinski definition) is 0. The highest BCUT2D eigenvalue weighted by Crippen LogP contribution is 2.21. The van der Waals surface area contributed by atoms with Crippen LogP contribution in [-0.2, 0) is 9.59 Å². The van der Waals surface area contributed by atoms with Gasteiger partial charge in [0.05, 0.1) is 12.4 Å². The van der Waals surface area contributed by atoms with Gasteiger partial charge in [-0.1, -0.05) is 104 Å². The molecular weight excluding hydrogens is 476 g/mol. The average molecular weight is 525 g/mol. The van der Waals surface area contributed by atoms with Gasteiger partial charge in [0.15, 0.2) is 11.6 Å². The van der Waals surface area contributed by atoms with Gasteiger partial charge >= 0.3 is 11.9 Å². The smallest absolute Gasteiger partial charge is 0.311 e. The maximum absolute atomic E-state index is 12.1. The predicted octanol–water partition coefficient (Wildman–Crippen LogP) is 9.02. The fourth-order valence-electron chi connectivity index (χ4n) is 4.36. The SMILES string of the molecule is CCCCCCCCCCC(=O)Oc1ccc(-c2ncc(OC(=O)CCCCCCCCCC)cn2)cc1. The van der Waals surface area contributed by atoms with Crippen LogP contribution in [0.25, 0.3) is 11.4 Å². The molecule has 0 atom stereocenters. The zero-order valence-corrected chi connectivity index (χ0v) is 23.7. The van der Waals surface area contributed by atoms with E-state index < -0.39 is 0 Å². The summed E-state index contributed by atoms with van der Waals surface area (Å²) >= 11 is 0. The van der Waals surface area contributed by atoms with Gasteiger partial charge in [-0.05, 0) is 37.1 Å². The zero-order valence-electron chi connectivity index (χ0n) is 23.7. The molecule has 0 spiro atoms. The first-order valence-corrected chi connectivity index (χ1v) is 15.0. The summed E-state index contributed by atoms with van der Waals surface area (Å²) in [5.74, 6) is 0.947. The monoisotopic (exact) mass is 524 g/mol. The van der Waals surface area contributed by atoms with Crippen LogP contribution in [0.3, 0.4) is 0 Å². The molecule has 0 aliphatic carbocycles. The summed E-state index contributed by atoms with van der Waals surface area (Å²) in [5, 5.41) is 0. The van der Waals surface area contributed by atoms with Crippen molar-refractivity contribution < 1.29 is 19.1 Å². The van der Waals surface area contributed by atoms with Gasteiger partial charge in [-0.2, -0.15) is 0 Å². The van der Waals surface area contributed by atoms with Crippen molar-refractivity contribution in [1.29, 1.82) is 0 Å². The molecule has 1 aromatic heterocycles. The molecule has 2 aromatic rings. The topological polar surface area (TPSA) is 78.4 Å². The van der Waals surface area contributed by atoms with Crippen LogP contribution in [0.5, 0.6) is 11.5 Å². The summed E-state index contributed by atoms with van der Waals surface area (Å²) in [5.41, 5.74) is 0.796. The number of aromatic nitrogens is 2. The normalized spacial score (nSPS) is 10.9. The number of nitrogens with zero attached hydrogens (tertiary/aromatic N) is 2. The highest BCUT2D eigenvalue weighted by atomic mass is 16.5. The quantitative estimate of drug-likeness (QED) is 0.0921. The van der Waals surface area contributed by atoms with E-state index in [0.717, 1.165) is 31.2 Å². The second-order valence-electron chi connectivity index (χ2n) is 10.2. The van der Waals surface area contributed by atoms with Gasteiger partial charge in [0, 0.05) is 18.4 Å². The molecule has 0 fully saturated rings. The van der Waals surface area contributed by atoms with E-state index in [1.165, 1.54) is 89.4 Å². The lowest BCUT2D eigenvalue weighted by molar-refractivity contribution is -0.135. The van der Waals surface area contributed by atoms with Crippen molar-refractivity contribution in [2.45, 2.75) is 129 Å². The van der Waals surface area contributed by atoms with Crippen molar-refractivity contribution in [1.82, 2.24) is 9.97 Å². The van der Waals surface area contributed by atoms with Gasteiger partial charge < -0.3 is 9.47 Å². The highest BCUT2D eigenvalue weighted by molar-refractivity contribution is 5.73. The fourth-order valence-corrected chi connectivity index (χ4v) is 4.36. The largest absolute Gasteiger partial charge is 0.427 e. The Balaban J connectivity index is 1.64. The van der Waals surface area contributed by atoms with E-state index >= 15 is 0 Å². The number of ether oxygens (including phenoxy) is 2. The summed E-state index contributed by atoms with van der Waals surface area (Å²) in [6, 6.07) is 7.15. The molecule has 6 heteroatoms. The Kier molecular flexibility index (Phi) is 16.8. The van der Waals surface area contributed by atoms with Crippen LogP contribution in [0.2, 0.25) is 0 Å². The third kappa shape index (κ3) is 14.3. The molecule has 0 amide bonds. The van der Waals surface area contributed by atoms with E-state index in [0.29, 0.717) is 30.2 Å². The Morgan fingerprint density at radius 2 is 0.947 bits per heavy atom. The van der Waals surface area contributed by atoms with Crippen molar-refractivity contribution in [3.63, 3.8) is 0 Å². The minimum absolute atomic E-state index is 0.196. The summed E-state index contributed by atoms with van der Waals surface area (Å²) in [4.78, 5) is 32.9. The van der Waals surface area contributed by atoms with Crippen molar-refractivity contribution in [3.8, 4) is 22.9 Å². The number of rotatable bonds is 21. The summed E-state index contributed by atoms with van der Waals surface area (Å²) in [6.45, 7) is 4.45. The molecule has 0 saturated heterocycles. The van der Waals surface area contributed by atoms with Crippen LogP contribution in [0, 0.1) is 0 Å². The van der Waals surface area contributed by atoms with Crippen LogP contribution in [0.4, 0.5) is 0 Å². The van der Waals surface area contributed by atoms with Crippen molar-refractivity contribution in [3.05, 3.63) is 36.7 Å². The maximum atomic E-state index is 12.1. The Labute approximate surface area is 230 Å². The minimum atomic E-state index is -0.245. The van der Waals surface area contributed by atoms with E-state index in [2.05, 4.69) is 23.8 Å². The van der Waals surface area contributed by atoms with Gasteiger partial charge in [0.1, 0.15) is 5.75 Å². The lowest BCUT2D eigenvalue weighted by Crippen LogP contribution is -2.08. The minimum Gasteiger partial charge on any atom is -0.427 e. The lowest BCUT2D eigenvalue weighted by Gasteiger charge is -2.07. The summed E-state index contributed by atoms with van der Waals surface area (Å²) in [6.07, 6.45) is 23.0. The Morgan fingerprint density at radius 3 is 1.39 bits per heavy atom. The van der Waals surface area contributed by atoms with Crippen molar-refractivity contribution >= 4 is 11.9 Å². The van der Waals surface area contributed by atoms with Gasteiger partial charge in [-0.15, -0.1) is 0 Å². The Morgan fingerprint density at radius 1 is 0.553 bits per heavy atom. The van der Waals surface area contributed by atoms with E-state index in [1.807, 2.05) is 12.1 Å². The van der Waals surface area contributed by atoms with E-state index in [-0.39, 0.29) is 11.9 Å². The van der Waals surface area contributed by atoms with Crippen molar-refractivity contribution in [2.75, 3.05) is 0 Å². The summed E-state index contributed by atoms with van der Waals surface area (Å²) in [7, 11) is 0. The third-order valence-electron chi connectivity index (χ3n) is 6.67. The van der Waals surface area contributed by atoms with E-state index in [4.69, 9.17) is 9.47 Å². The maximum Gasteiger partial charge on any atom is 0.311 e. The van der Waals surface area contributed by atoms with Crippen LogP contribution >= 0.6 is 0 Å². The lowest BCUT2D eigenvalue weighted by atomic mass is 10.1. The van der Waals surface area contributed by atoms with Crippen LogP contribution in [-0.4, -0.2) is 21.9 Å². The molecule has 1 heterocycles. The predicted molar refractivity (Wildman–Crippen MR) is 153 cm³/mol. The molecular formula is C32H48N2O4. The number of benzene rings is 1. The molecule has 38 heavy (non-hydrogen) atoms. The van der Waals surface area contributed by atoms with Crippen LogP contribution < -0.4 is 9.47 Å². The standard InChI is InChI=1S/C32H48N2O4/c1-3-5-7-9-11-13-15-17-19-30(35)37-28-23-21-27(22-24-28)32-33-25-29(26-34-32)38-31(36)20-18-16-14-12-10-8-6-4-2/h21-26H,3-20H2,1-2H3. The molecule has 0 unspecified atom stereocenters. The number of carbonyl (C=O) groups is 2. The van der Waals surface area contributed by atoms with E-state index in [9.17, 15) is 9.59 Å². The molecule has 6 nitrogen and oxygen atoms in total. The average Bonchev–Trinajstić information content (AvgIpc) is 2.92. The second-order valence-corrected chi connectivity index (χ2v) is 10.2. The number of hydrogen-bond acceptors (Lipinski definition) is 6. The number of unbranched alkanes of at least 4 members (excludes halogenated alkanes) is 14. The molecule has 0 radical (unpaired) electrons. The van der Waals surface area contributed by atoms with Crippen LogP contribution in [0.15, 0.2) is 36.7 Å². The van der Waals surface area contributed by atoms with Gasteiger partial charge in [0.2, 0.25) is 0 Å². The first-order chi connectivity index (χ1) is 18.6. The molecule has 1 aromatic carbocycles. The first kappa shape index (κ1) is 31.5. The molecule has 210 valence electrons. The second kappa shape index (κ2) is 20.2. The van der Waals surface area contributed by atoms with E-state index in [1.54, 1.807) is 12.1 Å². The molecule has 0 N–H and O–H groups in total. The molecule has 0 bridgehead atoms. The molecule has 0 saturated carbocycles. The first-order valence-electron chi connectivity index (χ1n) is 15.0. The van der Waals surface area contributed by atoms with Crippen molar-refractivity contribution in [2.24, 2.45) is 0 Å². The van der Waals surface area contributed by atoms with Crippen LogP contribution in [0.1, 0.15) is 129 Å². The van der Waals surface area contributed by atoms with Gasteiger partial charge in [-0.3, -0.25) is 9.59 Å². The molecule has 0 aliphatic heterocycles. The molecule has 2 rings (SSSR count). The summed E-state index contributed by atoms with van der Waals surface area (Å²) < 4.78 is 10.8. The number of esters is 2. The Bertz CT molecular complexity index is 821. The highest BCUT2D eigenvalue weighted by Gasteiger charge is 2.09.